The zero-order valence-electron chi connectivity index (χ0n) is 47.4. The number of aromatic nitrogens is 1. The van der Waals surface area contributed by atoms with E-state index in [0.29, 0.717) is 61.3 Å². The number of hydrogen-bond acceptors (Lipinski definition) is 18. The number of phenolic OH excluding ortho intramolecular Hbond substituents is 1. The number of methoxy groups -OCH3 is 1. The lowest BCUT2D eigenvalue weighted by Gasteiger charge is -2.37. The number of phenols is 1. The Morgan fingerprint density at radius 1 is 0.902 bits per heavy atom. The number of fused-ring (bicyclic) bond motifs is 15. The molecule has 2 aromatic heterocycles. The maximum Gasteiger partial charge on any atom is 0.341 e. The Labute approximate surface area is 473 Å². The maximum atomic E-state index is 16.1. The van der Waals surface area contributed by atoms with Gasteiger partial charge in [-0.05, 0) is 82.1 Å². The Morgan fingerprint density at radius 3 is 2.23 bits per heavy atom. The number of rotatable bonds is 9. The third-order valence-corrected chi connectivity index (χ3v) is 17.3. The first-order chi connectivity index (χ1) is 38.8. The summed E-state index contributed by atoms with van der Waals surface area (Å²) < 4.78 is 47.4. The van der Waals surface area contributed by atoms with Crippen LogP contribution < -0.4 is 26.2 Å². The van der Waals surface area contributed by atoms with Crippen LogP contribution in [0.4, 0.5) is 10.1 Å². The number of nitrogens with zero attached hydrogens (tertiary/aromatic N) is 3. The number of piperidine rings is 1. The van der Waals surface area contributed by atoms with Crippen molar-refractivity contribution in [3.8, 4) is 11.5 Å². The standard InChI is InChI=1S/C60H72FN5O16/c1-27-11-10-12-28(2)57(74)63-45-48(64-20-16-36(17-21-64)79-26-34-15-19-65(24-34)47-30(4)46-37(35-13-14-35)23-38(59(76)77)58(75)66(46)25-39(47)61)53(72)41-42(52(45)71)50(69)31(5)55-43(41)56(73)60(8,82-55)80-22-18-40(78-9)29(3)54(81-33(7)67)32(6)51(70)44(62)49(27)68/h10-12,18,22-23,25,27,29,32,34-36,40,44,49,51,54,68-70H,13-17,19-21,24,26,62H2,1-9H3,(H,63,74)(H,76,77)/b11-10+,22-18+,28-12-/t27-,29+,32+,34?,40-,44+,49-,51-,54+,60-/m0/s1. The van der Waals surface area contributed by atoms with Crippen LogP contribution in [0.15, 0.2) is 64.6 Å². The van der Waals surface area contributed by atoms with E-state index in [-0.39, 0.29) is 59.2 Å². The van der Waals surface area contributed by atoms with Gasteiger partial charge >= 0.3 is 17.7 Å². The maximum absolute atomic E-state index is 16.1. The number of carbonyl (C=O) groups is 6. The minimum absolute atomic E-state index is 0.0153. The van der Waals surface area contributed by atoms with Crippen LogP contribution in [0.1, 0.15) is 138 Å². The predicted molar refractivity (Wildman–Crippen MR) is 295 cm³/mol. The molecule has 0 spiro atoms. The topological polar surface area (TPSA) is 295 Å². The number of carboxylic acids is 1. The van der Waals surface area contributed by atoms with E-state index >= 15 is 9.18 Å². The summed E-state index contributed by atoms with van der Waals surface area (Å²) in [6.07, 6.45) is 6.22. The lowest BCUT2D eigenvalue weighted by Crippen LogP contribution is -2.53. The summed E-state index contributed by atoms with van der Waals surface area (Å²) in [4.78, 5) is 100. The number of likely N-dealkylation sites (tertiary alicyclic amines) is 1. The zero-order valence-corrected chi connectivity index (χ0v) is 47.4. The first-order valence-corrected chi connectivity index (χ1v) is 27.8. The van der Waals surface area contributed by atoms with Gasteiger partial charge in [0.1, 0.15) is 34.6 Å². The Morgan fingerprint density at radius 2 is 1.59 bits per heavy atom. The monoisotopic (exact) mass is 1140 g/mol. The first kappa shape index (κ1) is 59.4. The number of halogens is 1. The molecule has 82 heavy (non-hydrogen) atoms. The molecule has 7 aliphatic rings. The van der Waals surface area contributed by atoms with Gasteiger partial charge in [0.25, 0.3) is 17.2 Å². The number of nitrogens with one attached hydrogen (secondary N) is 1. The highest BCUT2D eigenvalue weighted by molar-refractivity contribution is 6.32. The Hall–Kier alpha value is -7.24. The van der Waals surface area contributed by atoms with Crippen molar-refractivity contribution in [2.75, 3.05) is 44.8 Å². The summed E-state index contributed by atoms with van der Waals surface area (Å²) in [5.74, 6) is -11.3. The molecule has 10 atom stereocenters. The van der Waals surface area contributed by atoms with Crippen molar-refractivity contribution in [2.24, 2.45) is 29.4 Å². The fourth-order valence-corrected chi connectivity index (χ4v) is 12.3. The van der Waals surface area contributed by atoms with Crippen LogP contribution in [0.2, 0.25) is 0 Å². The lowest BCUT2D eigenvalue weighted by molar-refractivity contribution is -0.159. The van der Waals surface area contributed by atoms with Gasteiger partial charge in [-0.2, -0.15) is 0 Å². The van der Waals surface area contributed by atoms with Gasteiger partial charge in [-0.1, -0.05) is 39.0 Å². The number of ketones is 3. The van der Waals surface area contributed by atoms with Crippen molar-refractivity contribution in [1.82, 2.24) is 14.6 Å². The fraction of sp³-hybridized carbons (Fsp3) is 0.517. The smallest absolute Gasteiger partial charge is 0.341 e. The van der Waals surface area contributed by atoms with Crippen LogP contribution in [-0.4, -0.2) is 147 Å². The number of allylic oxidation sites excluding steroid dienone is 4. The van der Waals surface area contributed by atoms with Crippen LogP contribution in [-0.2, 0) is 28.5 Å². The molecule has 0 radical (unpaired) electrons. The number of ether oxygens (including phenoxy) is 5. The van der Waals surface area contributed by atoms with Crippen LogP contribution >= 0.6 is 0 Å². The van der Waals surface area contributed by atoms with E-state index in [0.717, 1.165) is 29.7 Å². The highest BCUT2D eigenvalue weighted by Crippen LogP contribution is 2.50. The van der Waals surface area contributed by atoms with Crippen molar-refractivity contribution in [3.63, 3.8) is 0 Å². The molecule has 5 aliphatic heterocycles. The molecule has 1 aromatic carbocycles. The Kier molecular flexibility index (Phi) is 16.8. The molecule has 22 heteroatoms. The number of carboxylic acid groups (broad SMARTS) is 1. The molecule has 10 rings (SSSR count). The number of aliphatic hydroxyl groups excluding tert-OH is 2. The van der Waals surface area contributed by atoms with Gasteiger partial charge in [0, 0.05) is 81.9 Å². The highest BCUT2D eigenvalue weighted by Gasteiger charge is 2.53. The number of esters is 1. The number of amides is 1. The van der Waals surface area contributed by atoms with Crippen LogP contribution in [0, 0.1) is 43.3 Å². The number of nitrogens with two attached hydrogens (primary N) is 1. The second-order valence-corrected chi connectivity index (χ2v) is 22.9. The number of hydrogen-bond donors (Lipinski definition) is 6. The molecule has 2 aliphatic carbocycles. The number of Topliss-reactive ketones (excluding diaryl/α,β-unsaturated/α-hetero) is 3. The molecule has 1 saturated carbocycles. The molecule has 21 nitrogen and oxygen atoms in total. The molecule has 7 N–H and O–H groups in total. The minimum atomic E-state index is -2.17. The lowest BCUT2D eigenvalue weighted by atomic mass is 9.81. The van der Waals surface area contributed by atoms with E-state index in [1.165, 1.54) is 59.1 Å². The van der Waals surface area contributed by atoms with E-state index < -0.39 is 129 Å². The summed E-state index contributed by atoms with van der Waals surface area (Å²) in [6, 6.07) is 0.180. The molecule has 3 fully saturated rings. The molecule has 1 unspecified atom stereocenters. The van der Waals surface area contributed by atoms with E-state index in [4.69, 9.17) is 29.4 Å². The van der Waals surface area contributed by atoms with Crippen molar-refractivity contribution >= 4 is 46.4 Å². The second-order valence-electron chi connectivity index (χ2n) is 22.9. The predicted octanol–water partition coefficient (Wildman–Crippen LogP) is 5.29. The number of aryl methyl sites for hydroxylation is 1. The average Bonchev–Trinajstić information content (AvgIpc) is 1.70. The molecule has 1 amide bonds. The molecular formula is C60H72FN5O16. The van der Waals surface area contributed by atoms with Gasteiger partial charge in [0.2, 0.25) is 11.6 Å². The van der Waals surface area contributed by atoms with Gasteiger partial charge in [0.15, 0.2) is 5.82 Å². The highest BCUT2D eigenvalue weighted by atomic mass is 19.1. The number of anilines is 1. The Bertz CT molecular complexity index is 3340. The van der Waals surface area contributed by atoms with Gasteiger partial charge in [-0.15, -0.1) is 0 Å². The van der Waals surface area contributed by atoms with Crippen molar-refractivity contribution in [1.29, 1.82) is 0 Å². The second kappa shape index (κ2) is 23.2. The number of pyridine rings is 2. The summed E-state index contributed by atoms with van der Waals surface area (Å²) in [6.45, 7) is 13.7. The van der Waals surface area contributed by atoms with Crippen LogP contribution in [0.3, 0.4) is 0 Å². The van der Waals surface area contributed by atoms with Crippen LogP contribution in [0.25, 0.3) is 5.52 Å². The van der Waals surface area contributed by atoms with E-state index in [1.54, 1.807) is 38.7 Å². The number of aromatic carboxylic acids is 1. The van der Waals surface area contributed by atoms with Crippen LogP contribution in [0.5, 0.6) is 11.5 Å². The summed E-state index contributed by atoms with van der Waals surface area (Å²) in [5, 5.41) is 47.1. The normalized spacial score (nSPS) is 30.0. The van der Waals surface area contributed by atoms with Gasteiger partial charge in [-0.25, -0.2) is 9.18 Å². The molecule has 3 aromatic rings. The molecule has 5 bridgehead atoms. The van der Waals surface area contributed by atoms with E-state index in [1.807, 2.05) is 4.90 Å². The molecular weight excluding hydrogens is 1070 g/mol. The SMILES string of the molecule is CO[C@H]1/C=C/O[C@@]2(C)Oc3c(C)c(O)c4c(c3C2=O)C(=O)C(N2CCC(OCC3CCN(c5c(F)cn6c(=O)c(C(=O)O)cc(C7CC7)c6c5C)C3)CC2)=C(NC(=O)/C(C)=C\C=C\[C@H](C)[C@H](O)[C@@H](N)[C@@H](O)[C@@H](C)[C@H](OC(C)=O)[C@@H]1C)C4=O. The first-order valence-electron chi connectivity index (χ1n) is 27.8. The molecule has 440 valence electrons. The van der Waals surface area contributed by atoms with Crippen molar-refractivity contribution in [3.05, 3.63) is 115 Å². The van der Waals surface area contributed by atoms with Crippen molar-refractivity contribution < 1.29 is 77.3 Å². The third-order valence-electron chi connectivity index (χ3n) is 17.3. The largest absolute Gasteiger partial charge is 0.507 e. The van der Waals surface area contributed by atoms with Gasteiger partial charge in [0.05, 0.1) is 77.4 Å². The van der Waals surface area contributed by atoms with Crippen molar-refractivity contribution in [2.45, 2.75) is 136 Å². The van der Waals surface area contributed by atoms with Gasteiger partial charge in [-0.3, -0.25) is 33.2 Å². The summed E-state index contributed by atoms with van der Waals surface area (Å²) in [7, 11) is 1.39. The average molecular weight is 1140 g/mol. The summed E-state index contributed by atoms with van der Waals surface area (Å²) >= 11 is 0. The number of aromatic hydroxyl groups is 1. The van der Waals surface area contributed by atoms with E-state index in [2.05, 4.69) is 5.32 Å². The number of carbonyl (C=O) groups excluding carboxylic acids is 5. The van der Waals surface area contributed by atoms with Gasteiger partial charge < -0.3 is 65.0 Å². The third kappa shape index (κ3) is 10.9. The molecule has 7 heterocycles. The molecule has 2 saturated heterocycles. The number of benzene rings is 1. The number of aliphatic hydroxyl groups is 2. The summed E-state index contributed by atoms with van der Waals surface area (Å²) in [5.41, 5.74) is 5.50. The van der Waals surface area contributed by atoms with E-state index in [9.17, 15) is 49.2 Å². The minimum Gasteiger partial charge on any atom is -0.507 e. The Balaban J connectivity index is 0.989. The quantitative estimate of drug-likeness (QED) is 0.148. The fourth-order valence-electron chi connectivity index (χ4n) is 12.3. The zero-order chi connectivity index (χ0) is 59.5.